The summed E-state index contributed by atoms with van der Waals surface area (Å²) in [6, 6.07) is -0.604. The Hall–Kier alpha value is -3.78. The largest absolute Gasteiger partial charge is 0.342 e. The molecular formula is C26H28F4N8O3. The van der Waals surface area contributed by atoms with E-state index in [1.165, 1.54) is 15.6 Å². The Morgan fingerprint density at radius 3 is 2.66 bits per heavy atom. The van der Waals surface area contributed by atoms with Gasteiger partial charge in [0.05, 0.1) is 36.2 Å². The van der Waals surface area contributed by atoms with E-state index >= 15 is 0 Å². The number of halogens is 4. The monoisotopic (exact) mass is 576 g/mol. The summed E-state index contributed by atoms with van der Waals surface area (Å²) in [7, 11) is 0. The maximum absolute atomic E-state index is 14.0. The number of rotatable bonds is 7. The highest BCUT2D eigenvalue weighted by Crippen LogP contribution is 2.43. The van der Waals surface area contributed by atoms with Crippen LogP contribution in [0.4, 0.5) is 22.4 Å². The summed E-state index contributed by atoms with van der Waals surface area (Å²) in [6.45, 7) is 0.0791. The van der Waals surface area contributed by atoms with Gasteiger partial charge in [0.2, 0.25) is 5.92 Å². The zero-order valence-electron chi connectivity index (χ0n) is 21.9. The topological polar surface area (TPSA) is 131 Å². The molecule has 1 saturated heterocycles. The molecule has 3 atom stereocenters. The van der Waals surface area contributed by atoms with Gasteiger partial charge in [-0.1, -0.05) is 5.16 Å². The summed E-state index contributed by atoms with van der Waals surface area (Å²) >= 11 is 0. The average molecular weight is 577 g/mol. The third kappa shape index (κ3) is 4.99. The second-order valence-electron chi connectivity index (χ2n) is 11.8. The number of carbonyl (C=O) groups excluding carboxylic acids is 2. The Morgan fingerprint density at radius 2 is 1.90 bits per heavy atom. The van der Waals surface area contributed by atoms with Crippen LogP contribution in [-0.4, -0.2) is 65.7 Å². The Kier molecular flexibility index (Phi) is 5.98. The van der Waals surface area contributed by atoms with Crippen LogP contribution in [0.15, 0.2) is 23.1 Å². The smallest absolute Gasteiger partial charge is 0.318 e. The average Bonchev–Trinajstić information content (AvgIpc) is 3.23. The fraction of sp³-hybridized carbons (Fsp3) is 0.615. The molecule has 218 valence electrons. The molecule has 4 heterocycles. The van der Waals surface area contributed by atoms with Crippen molar-refractivity contribution in [2.45, 2.75) is 93.8 Å². The minimum absolute atomic E-state index is 0.0791. The zero-order chi connectivity index (χ0) is 28.5. The van der Waals surface area contributed by atoms with Gasteiger partial charge in [0, 0.05) is 38.1 Å². The van der Waals surface area contributed by atoms with Gasteiger partial charge < -0.3 is 15.5 Å². The van der Waals surface area contributed by atoms with Gasteiger partial charge in [-0.05, 0) is 48.4 Å². The number of hydrogen-bond donors (Lipinski definition) is 2. The van der Waals surface area contributed by atoms with Gasteiger partial charge in [-0.25, -0.2) is 36.5 Å². The van der Waals surface area contributed by atoms with E-state index in [0.29, 0.717) is 22.6 Å². The summed E-state index contributed by atoms with van der Waals surface area (Å²) < 4.78 is 62.2. The first-order valence-electron chi connectivity index (χ1n) is 13.9. The Bertz CT molecular complexity index is 1490. The third-order valence-electron chi connectivity index (χ3n) is 8.74. The summed E-state index contributed by atoms with van der Waals surface area (Å²) in [4.78, 5) is 31.8. The number of imidazole rings is 1. The summed E-state index contributed by atoms with van der Waals surface area (Å²) in [5.41, 5.74) is 2.03. The molecule has 0 aromatic carbocycles. The minimum Gasteiger partial charge on any atom is -0.342 e. The van der Waals surface area contributed by atoms with Crippen molar-refractivity contribution in [2.24, 2.45) is 5.92 Å². The lowest BCUT2D eigenvalue weighted by molar-refractivity contribution is -0.0495. The normalized spacial score (nSPS) is 26.2. The van der Waals surface area contributed by atoms with Crippen molar-refractivity contribution < 1.29 is 31.8 Å². The van der Waals surface area contributed by atoms with E-state index in [0.717, 1.165) is 12.8 Å². The van der Waals surface area contributed by atoms with Crippen molar-refractivity contribution in [3.8, 4) is 0 Å². The van der Waals surface area contributed by atoms with Crippen molar-refractivity contribution in [3.63, 3.8) is 0 Å². The Morgan fingerprint density at radius 1 is 1.12 bits per heavy atom. The van der Waals surface area contributed by atoms with Crippen molar-refractivity contribution in [1.82, 2.24) is 40.4 Å². The molecule has 7 rings (SSSR count). The first kappa shape index (κ1) is 26.1. The van der Waals surface area contributed by atoms with Crippen LogP contribution in [0.1, 0.15) is 90.8 Å². The predicted octanol–water partition coefficient (Wildman–Crippen LogP) is 3.98. The predicted molar refractivity (Wildman–Crippen MR) is 132 cm³/mol. The number of nitrogens with zero attached hydrogens (tertiary/aromatic N) is 6. The van der Waals surface area contributed by atoms with E-state index in [-0.39, 0.29) is 56.2 Å². The number of urea groups is 1. The summed E-state index contributed by atoms with van der Waals surface area (Å²) in [6.07, 6.45) is 3.95. The SMILES string of the molecule is O=C(N[C@H](c1cn2ncc(CN3C(=O)N[C@H]4CC(F)(F)CC43)cc2n1)C1CCC(F)(F)CC1)c1nonc1C1CC1. The second kappa shape index (κ2) is 9.38. The maximum Gasteiger partial charge on any atom is 0.318 e. The molecular weight excluding hydrogens is 548 g/mol. The molecule has 3 saturated carbocycles. The third-order valence-corrected chi connectivity index (χ3v) is 8.74. The van der Waals surface area contributed by atoms with Crippen molar-refractivity contribution >= 4 is 17.6 Å². The molecule has 2 N–H and O–H groups in total. The van der Waals surface area contributed by atoms with Crippen LogP contribution in [0.2, 0.25) is 0 Å². The van der Waals surface area contributed by atoms with E-state index in [1.54, 1.807) is 12.3 Å². The maximum atomic E-state index is 14.0. The van der Waals surface area contributed by atoms with Gasteiger partial charge in [-0.3, -0.25) is 4.79 Å². The fourth-order valence-electron chi connectivity index (χ4n) is 6.43. The van der Waals surface area contributed by atoms with E-state index < -0.39 is 48.3 Å². The Balaban J connectivity index is 1.15. The molecule has 3 aliphatic carbocycles. The zero-order valence-corrected chi connectivity index (χ0v) is 21.9. The Labute approximate surface area is 231 Å². The molecule has 41 heavy (non-hydrogen) atoms. The quantitative estimate of drug-likeness (QED) is 0.407. The van der Waals surface area contributed by atoms with E-state index in [1.807, 2.05) is 0 Å². The van der Waals surface area contributed by atoms with Crippen LogP contribution in [0.5, 0.6) is 0 Å². The number of nitrogens with one attached hydrogen (secondary N) is 2. The van der Waals surface area contributed by atoms with Gasteiger partial charge in [0.25, 0.3) is 11.8 Å². The lowest BCUT2D eigenvalue weighted by Crippen LogP contribution is -2.37. The van der Waals surface area contributed by atoms with Crippen molar-refractivity contribution in [3.05, 3.63) is 41.1 Å². The van der Waals surface area contributed by atoms with E-state index in [4.69, 9.17) is 4.63 Å². The lowest BCUT2D eigenvalue weighted by atomic mass is 9.81. The van der Waals surface area contributed by atoms with Crippen LogP contribution in [0.25, 0.3) is 5.65 Å². The lowest BCUT2D eigenvalue weighted by Gasteiger charge is -2.33. The molecule has 3 aromatic rings. The molecule has 0 spiro atoms. The molecule has 0 radical (unpaired) electrons. The molecule has 15 heteroatoms. The molecule has 11 nitrogen and oxygen atoms in total. The number of amides is 3. The molecule has 0 bridgehead atoms. The standard InChI is InChI=1S/C26H28F4N8O3/c27-25(28)5-3-15(4-6-25)20(34-23(39)22-21(14-1-2-14)35-41-36-22)17-12-38-19(32-17)7-13(10-31-38)11-37-18-9-26(29,30)8-16(18)33-24(37)40/h7,10,12,14-16,18,20H,1-6,8-9,11H2,(H,33,40)(H,34,39)/t16-,18?,20-/m0/s1. The highest BCUT2D eigenvalue weighted by atomic mass is 19.3. The van der Waals surface area contributed by atoms with Crippen LogP contribution in [-0.2, 0) is 6.54 Å². The van der Waals surface area contributed by atoms with Gasteiger partial charge in [0.15, 0.2) is 11.3 Å². The van der Waals surface area contributed by atoms with E-state index in [9.17, 15) is 27.2 Å². The van der Waals surface area contributed by atoms with Gasteiger partial charge in [-0.15, -0.1) is 0 Å². The van der Waals surface area contributed by atoms with Gasteiger partial charge in [0.1, 0.15) is 5.69 Å². The van der Waals surface area contributed by atoms with Gasteiger partial charge in [-0.2, -0.15) is 5.10 Å². The molecule has 1 unspecified atom stereocenters. The fourth-order valence-corrected chi connectivity index (χ4v) is 6.43. The van der Waals surface area contributed by atoms with Crippen LogP contribution >= 0.6 is 0 Å². The number of aromatic nitrogens is 5. The molecule has 1 aliphatic heterocycles. The van der Waals surface area contributed by atoms with Crippen molar-refractivity contribution in [1.29, 1.82) is 0 Å². The first-order chi connectivity index (χ1) is 19.6. The highest BCUT2D eigenvalue weighted by Gasteiger charge is 2.54. The second-order valence-corrected chi connectivity index (χ2v) is 11.8. The summed E-state index contributed by atoms with van der Waals surface area (Å²) in [5, 5.41) is 17.6. The summed E-state index contributed by atoms with van der Waals surface area (Å²) in [5.74, 6) is -6.27. The van der Waals surface area contributed by atoms with Gasteiger partial charge >= 0.3 is 6.03 Å². The molecule has 3 aromatic heterocycles. The molecule has 3 amide bonds. The number of carbonyl (C=O) groups is 2. The van der Waals surface area contributed by atoms with Crippen LogP contribution in [0, 0.1) is 5.92 Å². The minimum atomic E-state index is -2.83. The molecule has 4 aliphatic rings. The van der Waals surface area contributed by atoms with Crippen molar-refractivity contribution in [2.75, 3.05) is 0 Å². The molecule has 4 fully saturated rings. The highest BCUT2D eigenvalue weighted by molar-refractivity contribution is 5.93. The van der Waals surface area contributed by atoms with Crippen LogP contribution < -0.4 is 10.6 Å². The number of alkyl halides is 4. The van der Waals surface area contributed by atoms with E-state index in [2.05, 4.69) is 31.0 Å². The number of hydrogen-bond acceptors (Lipinski definition) is 7. The first-order valence-corrected chi connectivity index (χ1v) is 13.9. The van der Waals surface area contributed by atoms with Crippen LogP contribution in [0.3, 0.4) is 0 Å². The number of fused-ring (bicyclic) bond motifs is 2.